The van der Waals surface area contributed by atoms with Crippen molar-refractivity contribution in [2.24, 2.45) is 0 Å². The normalized spacial score (nSPS) is 21.3. The Balaban J connectivity index is 2.09. The van der Waals surface area contributed by atoms with E-state index in [4.69, 9.17) is 0 Å². The number of benzene rings is 1. The van der Waals surface area contributed by atoms with Crippen LogP contribution in [0.2, 0.25) is 0 Å². The van der Waals surface area contributed by atoms with Gasteiger partial charge in [-0.05, 0) is 25.6 Å². The number of carbonyl (C=O) groups is 1. The van der Waals surface area contributed by atoms with Crippen LogP contribution in [0.1, 0.15) is 16.8 Å². The zero-order valence-corrected chi connectivity index (χ0v) is 11.8. The lowest BCUT2D eigenvalue weighted by atomic mass is 10.1. The molecule has 0 radical (unpaired) electrons. The molecular weight excluding hydrogens is 288 g/mol. The highest BCUT2D eigenvalue weighted by atomic mass is 32.2. The summed E-state index contributed by atoms with van der Waals surface area (Å²) < 4.78 is 49.7. The molecule has 20 heavy (non-hydrogen) atoms. The van der Waals surface area contributed by atoms with E-state index in [2.05, 4.69) is 0 Å². The number of sulfone groups is 1. The van der Waals surface area contributed by atoms with Crippen LogP contribution in [0.25, 0.3) is 0 Å². The van der Waals surface area contributed by atoms with Crippen molar-refractivity contribution in [3.63, 3.8) is 0 Å². The number of likely N-dealkylation sites (N-methyl/N-ethyl adjacent to an activating group) is 1. The molecule has 0 N–H and O–H groups in total. The zero-order chi connectivity index (χ0) is 14.9. The summed E-state index contributed by atoms with van der Waals surface area (Å²) in [7, 11) is -1.47. The van der Waals surface area contributed by atoms with Crippen LogP contribution in [0.3, 0.4) is 0 Å². The molecule has 0 aromatic heterocycles. The third-order valence-electron chi connectivity index (χ3n) is 3.47. The van der Waals surface area contributed by atoms with Gasteiger partial charge in [0.15, 0.2) is 15.6 Å². The molecule has 1 aromatic rings. The molecule has 1 unspecified atom stereocenters. The van der Waals surface area contributed by atoms with Crippen LogP contribution in [0.4, 0.5) is 8.78 Å². The molecular formula is C13H15F2NO3S. The summed E-state index contributed by atoms with van der Waals surface area (Å²) in [4.78, 5) is 13.5. The first kappa shape index (κ1) is 15.1. The van der Waals surface area contributed by atoms with Crippen molar-refractivity contribution in [1.29, 1.82) is 0 Å². The fraction of sp³-hybridized carbons (Fsp3) is 0.462. The summed E-state index contributed by atoms with van der Waals surface area (Å²) in [6.45, 7) is -0.210. The number of carbonyl (C=O) groups excluding carboxylic acids is 1. The van der Waals surface area contributed by atoms with Gasteiger partial charge < -0.3 is 0 Å². The molecule has 0 spiro atoms. The molecule has 0 saturated carbocycles. The van der Waals surface area contributed by atoms with Gasteiger partial charge in [0.25, 0.3) is 0 Å². The van der Waals surface area contributed by atoms with Crippen LogP contribution in [0.15, 0.2) is 18.2 Å². The Bertz CT molecular complexity index is 610. The summed E-state index contributed by atoms with van der Waals surface area (Å²) in [6.07, 6.45) is 0.436. The fourth-order valence-corrected chi connectivity index (χ4v) is 4.13. The van der Waals surface area contributed by atoms with Gasteiger partial charge >= 0.3 is 0 Å². The van der Waals surface area contributed by atoms with E-state index in [1.807, 2.05) is 0 Å². The van der Waals surface area contributed by atoms with Crippen LogP contribution < -0.4 is 0 Å². The lowest BCUT2D eigenvalue weighted by Crippen LogP contribution is -2.37. The number of ketones is 1. The monoisotopic (exact) mass is 303 g/mol. The van der Waals surface area contributed by atoms with E-state index in [1.165, 1.54) is 6.07 Å². The van der Waals surface area contributed by atoms with E-state index >= 15 is 0 Å². The maximum atomic E-state index is 13.5. The molecule has 2 rings (SSSR count). The van der Waals surface area contributed by atoms with Crippen molar-refractivity contribution in [2.45, 2.75) is 12.5 Å². The predicted molar refractivity (Wildman–Crippen MR) is 70.4 cm³/mol. The molecule has 1 fully saturated rings. The number of rotatable bonds is 4. The van der Waals surface area contributed by atoms with Crippen molar-refractivity contribution in [2.75, 3.05) is 25.1 Å². The van der Waals surface area contributed by atoms with E-state index in [-0.39, 0.29) is 24.1 Å². The molecule has 1 aliphatic rings. The smallest absolute Gasteiger partial charge is 0.182 e. The van der Waals surface area contributed by atoms with Crippen LogP contribution >= 0.6 is 0 Å². The Morgan fingerprint density at radius 3 is 2.45 bits per heavy atom. The maximum absolute atomic E-state index is 13.5. The molecule has 1 heterocycles. The van der Waals surface area contributed by atoms with Gasteiger partial charge in [0, 0.05) is 6.04 Å². The third-order valence-corrected chi connectivity index (χ3v) is 5.22. The molecule has 0 bridgehead atoms. The standard InChI is InChI=1S/C13H15F2NO3S/c1-16(9-5-6-20(18,19)8-9)7-12(17)13-10(14)3-2-4-11(13)15/h2-4,9H,5-8H2,1H3. The first-order valence-corrected chi connectivity index (χ1v) is 8.00. The number of halogens is 2. The predicted octanol–water partition coefficient (Wildman–Crippen LogP) is 1.27. The van der Waals surface area contributed by atoms with Crippen molar-refractivity contribution in [3.05, 3.63) is 35.4 Å². The molecule has 7 heteroatoms. The minimum absolute atomic E-state index is 0.0173. The first-order chi connectivity index (χ1) is 9.30. The molecule has 4 nitrogen and oxygen atoms in total. The average molecular weight is 303 g/mol. The van der Waals surface area contributed by atoms with Gasteiger partial charge in [0.1, 0.15) is 11.6 Å². The Kier molecular flexibility index (Phi) is 4.19. The fourth-order valence-electron chi connectivity index (χ4n) is 2.32. The number of hydrogen-bond donors (Lipinski definition) is 0. The zero-order valence-electron chi connectivity index (χ0n) is 11.0. The summed E-state index contributed by atoms with van der Waals surface area (Å²) in [5, 5.41) is 0. The van der Waals surface area contributed by atoms with Gasteiger partial charge in [-0.15, -0.1) is 0 Å². The lowest BCUT2D eigenvalue weighted by molar-refractivity contribution is 0.0918. The van der Waals surface area contributed by atoms with Crippen molar-refractivity contribution in [3.8, 4) is 0 Å². The highest BCUT2D eigenvalue weighted by Gasteiger charge is 2.32. The highest BCUT2D eigenvalue weighted by Crippen LogP contribution is 2.18. The molecule has 0 aliphatic carbocycles. The number of hydrogen-bond acceptors (Lipinski definition) is 4. The van der Waals surface area contributed by atoms with Gasteiger partial charge in [0.2, 0.25) is 0 Å². The SMILES string of the molecule is CN(CC(=O)c1c(F)cccc1F)C1CCS(=O)(=O)C1. The summed E-state index contributed by atoms with van der Waals surface area (Å²) in [6, 6.07) is 2.96. The number of Topliss-reactive ketones (excluding diaryl/α,β-unsaturated/α-hetero) is 1. The molecule has 1 aliphatic heterocycles. The van der Waals surface area contributed by atoms with E-state index in [0.29, 0.717) is 6.42 Å². The Labute approximate surface area is 116 Å². The lowest BCUT2D eigenvalue weighted by Gasteiger charge is -2.22. The highest BCUT2D eigenvalue weighted by molar-refractivity contribution is 7.91. The Morgan fingerprint density at radius 1 is 1.35 bits per heavy atom. The topological polar surface area (TPSA) is 54.5 Å². The van der Waals surface area contributed by atoms with E-state index < -0.39 is 32.8 Å². The van der Waals surface area contributed by atoms with Crippen LogP contribution in [0.5, 0.6) is 0 Å². The van der Waals surface area contributed by atoms with Gasteiger partial charge in [-0.1, -0.05) is 6.07 Å². The van der Waals surface area contributed by atoms with Gasteiger partial charge in [-0.2, -0.15) is 0 Å². The third kappa shape index (κ3) is 3.21. The Hall–Kier alpha value is -1.34. The van der Waals surface area contributed by atoms with E-state index in [9.17, 15) is 22.0 Å². The van der Waals surface area contributed by atoms with Gasteiger partial charge in [-0.3, -0.25) is 9.69 Å². The summed E-state index contributed by atoms with van der Waals surface area (Å²) in [5.41, 5.74) is -0.569. The largest absolute Gasteiger partial charge is 0.295 e. The number of nitrogens with zero attached hydrogens (tertiary/aromatic N) is 1. The van der Waals surface area contributed by atoms with Crippen LogP contribution in [-0.4, -0.2) is 50.2 Å². The van der Waals surface area contributed by atoms with Crippen LogP contribution in [-0.2, 0) is 9.84 Å². The molecule has 1 atom stereocenters. The Morgan fingerprint density at radius 2 is 1.95 bits per heavy atom. The van der Waals surface area contributed by atoms with Gasteiger partial charge in [0.05, 0.1) is 23.6 Å². The second-order valence-electron chi connectivity index (χ2n) is 4.99. The molecule has 1 aromatic carbocycles. The quantitative estimate of drug-likeness (QED) is 0.786. The van der Waals surface area contributed by atoms with Gasteiger partial charge in [-0.25, -0.2) is 17.2 Å². The second kappa shape index (κ2) is 5.57. The maximum Gasteiger partial charge on any atom is 0.182 e. The minimum Gasteiger partial charge on any atom is -0.295 e. The van der Waals surface area contributed by atoms with Crippen molar-refractivity contribution in [1.82, 2.24) is 4.90 Å². The van der Waals surface area contributed by atoms with E-state index in [1.54, 1.807) is 11.9 Å². The second-order valence-corrected chi connectivity index (χ2v) is 7.22. The van der Waals surface area contributed by atoms with Crippen molar-refractivity contribution >= 4 is 15.6 Å². The average Bonchev–Trinajstić information content (AvgIpc) is 2.69. The molecule has 1 saturated heterocycles. The summed E-state index contributed by atoms with van der Waals surface area (Å²) >= 11 is 0. The van der Waals surface area contributed by atoms with Crippen molar-refractivity contribution < 1.29 is 22.0 Å². The van der Waals surface area contributed by atoms with E-state index in [0.717, 1.165) is 12.1 Å². The van der Waals surface area contributed by atoms with Crippen LogP contribution in [0, 0.1) is 11.6 Å². The molecule has 0 amide bonds. The summed E-state index contributed by atoms with van der Waals surface area (Å²) in [5.74, 6) is -2.42. The molecule has 110 valence electrons. The minimum atomic E-state index is -3.06. The first-order valence-electron chi connectivity index (χ1n) is 6.18.